The van der Waals surface area contributed by atoms with Gasteiger partial charge in [-0.25, -0.2) is 0 Å². The lowest BCUT2D eigenvalue weighted by Gasteiger charge is -2.31. The van der Waals surface area contributed by atoms with Gasteiger partial charge in [0.25, 0.3) is 0 Å². The van der Waals surface area contributed by atoms with Crippen LogP contribution >= 0.6 is 0 Å². The number of allylic oxidation sites excluding steroid dienone is 1. The average Bonchev–Trinajstić information content (AvgIpc) is 2.64. The molecule has 0 aromatic rings. The molecule has 0 aromatic heterocycles. The second-order valence-corrected chi connectivity index (χ2v) is 6.64. The molecule has 0 radical (unpaired) electrons. The van der Waals surface area contributed by atoms with E-state index in [0.717, 1.165) is 18.4 Å². The summed E-state index contributed by atoms with van der Waals surface area (Å²) in [7, 11) is 0. The Kier molecular flexibility index (Phi) is 3.36. The van der Waals surface area contributed by atoms with Crippen molar-refractivity contribution in [2.45, 2.75) is 47.5 Å². The van der Waals surface area contributed by atoms with Crippen molar-refractivity contribution in [2.24, 2.45) is 22.7 Å². The summed E-state index contributed by atoms with van der Waals surface area (Å²) in [5.74, 6) is -0.0436. The Labute approximate surface area is 115 Å². The van der Waals surface area contributed by atoms with Crippen molar-refractivity contribution in [3.8, 4) is 0 Å². The highest BCUT2D eigenvalue weighted by atomic mass is 16.5. The molecule has 2 bridgehead atoms. The number of carbonyl (C=O) groups is 2. The first-order valence-corrected chi connectivity index (χ1v) is 7.19. The van der Waals surface area contributed by atoms with Crippen LogP contribution in [0.1, 0.15) is 47.5 Å². The number of rotatable bonds is 3. The van der Waals surface area contributed by atoms with Gasteiger partial charge in [0, 0.05) is 5.41 Å². The summed E-state index contributed by atoms with van der Waals surface area (Å²) in [5.41, 5.74) is 0.613. The first-order valence-electron chi connectivity index (χ1n) is 7.19. The van der Waals surface area contributed by atoms with Gasteiger partial charge in [-0.05, 0) is 43.6 Å². The largest absolute Gasteiger partial charge is 0.466 e. The van der Waals surface area contributed by atoms with Gasteiger partial charge in [-0.15, -0.1) is 0 Å². The first-order chi connectivity index (χ1) is 8.75. The zero-order valence-electron chi connectivity index (χ0n) is 12.6. The Morgan fingerprint density at radius 3 is 2.58 bits per heavy atom. The number of hydrogen-bond acceptors (Lipinski definition) is 3. The highest BCUT2D eigenvalue weighted by Gasteiger charge is 2.63. The van der Waals surface area contributed by atoms with Crippen LogP contribution in [0.3, 0.4) is 0 Å². The molecule has 0 unspecified atom stereocenters. The van der Waals surface area contributed by atoms with E-state index < -0.39 is 0 Å². The van der Waals surface area contributed by atoms with Gasteiger partial charge >= 0.3 is 5.97 Å². The Morgan fingerprint density at radius 1 is 1.47 bits per heavy atom. The van der Waals surface area contributed by atoms with Crippen LogP contribution in [-0.2, 0) is 14.3 Å². The molecule has 106 valence electrons. The highest BCUT2D eigenvalue weighted by molar-refractivity contribution is 6.05. The van der Waals surface area contributed by atoms with Crippen molar-refractivity contribution in [3.63, 3.8) is 0 Å². The summed E-state index contributed by atoms with van der Waals surface area (Å²) in [5, 5.41) is 0. The van der Waals surface area contributed by atoms with E-state index in [1.165, 1.54) is 0 Å². The maximum Gasteiger partial charge on any atom is 0.312 e. The summed E-state index contributed by atoms with van der Waals surface area (Å²) < 4.78 is 5.01. The minimum atomic E-state index is -0.336. The van der Waals surface area contributed by atoms with Crippen molar-refractivity contribution in [3.05, 3.63) is 11.6 Å². The van der Waals surface area contributed by atoms with E-state index in [1.807, 2.05) is 6.08 Å². The minimum absolute atomic E-state index is 0.00426. The summed E-state index contributed by atoms with van der Waals surface area (Å²) in [6.07, 6.45) is 3.86. The predicted molar refractivity (Wildman–Crippen MR) is 73.5 cm³/mol. The van der Waals surface area contributed by atoms with Crippen LogP contribution in [-0.4, -0.2) is 18.4 Å². The molecule has 0 aromatic carbocycles. The smallest absolute Gasteiger partial charge is 0.312 e. The maximum atomic E-state index is 12.6. The molecule has 3 nitrogen and oxygen atoms in total. The van der Waals surface area contributed by atoms with E-state index in [-0.39, 0.29) is 28.5 Å². The van der Waals surface area contributed by atoms with Crippen LogP contribution in [0.5, 0.6) is 0 Å². The van der Waals surface area contributed by atoms with E-state index >= 15 is 0 Å². The number of fused-ring (bicyclic) bond motifs is 2. The molecular formula is C16H24O3. The predicted octanol–water partition coefficient (Wildman–Crippen LogP) is 3.14. The fraction of sp³-hybridized carbons (Fsp3) is 0.750. The molecule has 2 rings (SSSR count). The van der Waals surface area contributed by atoms with Crippen LogP contribution < -0.4 is 0 Å². The zero-order chi connectivity index (χ0) is 14.4. The summed E-state index contributed by atoms with van der Waals surface area (Å²) in [6, 6.07) is 0. The molecule has 0 spiro atoms. The van der Waals surface area contributed by atoms with Crippen LogP contribution in [0.2, 0.25) is 0 Å². The van der Waals surface area contributed by atoms with Gasteiger partial charge < -0.3 is 4.74 Å². The van der Waals surface area contributed by atoms with Gasteiger partial charge in [-0.3, -0.25) is 9.59 Å². The van der Waals surface area contributed by atoms with Crippen molar-refractivity contribution < 1.29 is 14.3 Å². The fourth-order valence-electron chi connectivity index (χ4n) is 3.73. The molecule has 0 aliphatic heterocycles. The Hall–Kier alpha value is -1.12. The van der Waals surface area contributed by atoms with E-state index in [4.69, 9.17) is 4.74 Å². The molecule has 2 fully saturated rings. The Balaban J connectivity index is 2.28. The molecule has 0 saturated heterocycles. The molecular weight excluding hydrogens is 240 g/mol. The minimum Gasteiger partial charge on any atom is -0.466 e. The standard InChI is InChI=1S/C16H24O3/c1-6-19-14(18)10(2)9-11-12-7-8-16(5,13(11)17)15(12,3)4/h9-10,12H,6-8H2,1-5H3/b11-9+/t10-,12-,16-/m1/s1. The van der Waals surface area contributed by atoms with Crippen LogP contribution in [0.15, 0.2) is 11.6 Å². The van der Waals surface area contributed by atoms with Gasteiger partial charge in [-0.1, -0.05) is 26.8 Å². The quantitative estimate of drug-likeness (QED) is 0.581. The summed E-state index contributed by atoms with van der Waals surface area (Å²) in [4.78, 5) is 24.3. The molecule has 19 heavy (non-hydrogen) atoms. The number of Topliss-reactive ketones (excluding diaryl/α,β-unsaturated/α-hetero) is 1. The van der Waals surface area contributed by atoms with E-state index in [0.29, 0.717) is 12.5 Å². The topological polar surface area (TPSA) is 43.4 Å². The van der Waals surface area contributed by atoms with Crippen LogP contribution in [0, 0.1) is 22.7 Å². The Morgan fingerprint density at radius 2 is 2.11 bits per heavy atom. The number of hydrogen-bond donors (Lipinski definition) is 0. The lowest BCUT2D eigenvalue weighted by atomic mass is 9.70. The third-order valence-corrected chi connectivity index (χ3v) is 5.45. The highest BCUT2D eigenvalue weighted by Crippen LogP contribution is 2.65. The van der Waals surface area contributed by atoms with Crippen LogP contribution in [0.25, 0.3) is 0 Å². The van der Waals surface area contributed by atoms with Gasteiger partial charge in [0.1, 0.15) is 0 Å². The van der Waals surface area contributed by atoms with Crippen LogP contribution in [0.4, 0.5) is 0 Å². The second kappa shape index (κ2) is 4.46. The van der Waals surface area contributed by atoms with E-state index in [2.05, 4.69) is 20.8 Å². The van der Waals surface area contributed by atoms with Crippen molar-refractivity contribution in [1.29, 1.82) is 0 Å². The van der Waals surface area contributed by atoms with Crippen molar-refractivity contribution in [1.82, 2.24) is 0 Å². The zero-order valence-corrected chi connectivity index (χ0v) is 12.6. The van der Waals surface area contributed by atoms with E-state index in [9.17, 15) is 9.59 Å². The van der Waals surface area contributed by atoms with Crippen molar-refractivity contribution in [2.75, 3.05) is 6.61 Å². The monoisotopic (exact) mass is 264 g/mol. The normalized spacial score (nSPS) is 35.7. The van der Waals surface area contributed by atoms with Gasteiger partial charge in [0.05, 0.1) is 12.5 Å². The molecule has 2 aliphatic rings. The SMILES string of the molecule is CCOC(=O)[C@H](C)/C=C1/C(=O)[C@@]2(C)CC[C@H]1C2(C)C. The van der Waals surface area contributed by atoms with Gasteiger partial charge in [-0.2, -0.15) is 0 Å². The molecule has 0 heterocycles. The molecule has 0 N–H and O–H groups in total. The average molecular weight is 264 g/mol. The molecule has 3 atom stereocenters. The Bertz CT molecular complexity index is 447. The third kappa shape index (κ3) is 1.86. The van der Waals surface area contributed by atoms with Crippen molar-refractivity contribution >= 4 is 11.8 Å². The van der Waals surface area contributed by atoms with Gasteiger partial charge in [0.2, 0.25) is 0 Å². The number of ketones is 1. The lowest BCUT2D eigenvalue weighted by Crippen LogP contribution is -2.32. The summed E-state index contributed by atoms with van der Waals surface area (Å²) in [6.45, 7) is 10.4. The molecule has 0 amide bonds. The van der Waals surface area contributed by atoms with Gasteiger partial charge in [0.15, 0.2) is 5.78 Å². The second-order valence-electron chi connectivity index (χ2n) is 6.64. The molecule has 3 heteroatoms. The number of ether oxygens (including phenoxy) is 1. The number of carbonyl (C=O) groups excluding carboxylic acids is 2. The maximum absolute atomic E-state index is 12.6. The molecule has 2 saturated carbocycles. The molecule has 2 aliphatic carbocycles. The third-order valence-electron chi connectivity index (χ3n) is 5.45. The number of esters is 1. The first kappa shape index (κ1) is 14.3. The lowest BCUT2D eigenvalue weighted by molar-refractivity contribution is -0.145. The van der Waals surface area contributed by atoms with E-state index in [1.54, 1.807) is 13.8 Å². The summed E-state index contributed by atoms with van der Waals surface area (Å²) >= 11 is 0. The fourth-order valence-corrected chi connectivity index (χ4v) is 3.73.